The first-order chi connectivity index (χ1) is 8.76. The Morgan fingerprint density at radius 1 is 1.05 bits per heavy atom. The van der Waals surface area contributed by atoms with Crippen molar-refractivity contribution < 1.29 is 45.0 Å². The number of ether oxygens (including phenoxy) is 1. The molecule has 112 valence electrons. The minimum atomic E-state index is -1.83. The van der Waals surface area contributed by atoms with Crippen molar-refractivity contribution in [2.24, 2.45) is 0 Å². The van der Waals surface area contributed by atoms with E-state index in [-0.39, 0.29) is 0 Å². The zero-order valence-electron chi connectivity index (χ0n) is 10.2. The normalized spacial score (nSPS) is 19.3. The molecule has 6 N–H and O–H groups in total. The summed E-state index contributed by atoms with van der Waals surface area (Å²) in [6.45, 7) is -0.835. The van der Waals surface area contributed by atoms with E-state index in [0.717, 1.165) is 7.11 Å². The lowest BCUT2D eigenvalue weighted by Gasteiger charge is -2.30. The van der Waals surface area contributed by atoms with Crippen molar-refractivity contribution in [2.75, 3.05) is 13.7 Å². The summed E-state index contributed by atoms with van der Waals surface area (Å²) >= 11 is 0. The molecule has 0 amide bonds. The zero-order valence-corrected chi connectivity index (χ0v) is 10.2. The van der Waals surface area contributed by atoms with Crippen molar-refractivity contribution in [3.8, 4) is 0 Å². The molecule has 0 saturated carbocycles. The predicted molar refractivity (Wildman–Crippen MR) is 59.2 cm³/mol. The van der Waals surface area contributed by atoms with E-state index >= 15 is 0 Å². The largest absolute Gasteiger partial charge is 0.475 e. The maximum Gasteiger partial charge on any atom is 0.372 e. The van der Waals surface area contributed by atoms with Gasteiger partial charge in [-0.3, -0.25) is 4.79 Å². The van der Waals surface area contributed by atoms with Crippen LogP contribution < -0.4 is 0 Å². The molecule has 0 aromatic heterocycles. The first-order valence-corrected chi connectivity index (χ1v) is 5.38. The first kappa shape index (κ1) is 17.9. The third-order valence-electron chi connectivity index (χ3n) is 2.55. The van der Waals surface area contributed by atoms with E-state index in [4.69, 9.17) is 15.3 Å². The van der Waals surface area contributed by atoms with Crippen molar-refractivity contribution in [3.05, 3.63) is 0 Å². The van der Waals surface area contributed by atoms with Crippen LogP contribution in [0.4, 0.5) is 0 Å². The molecule has 9 nitrogen and oxygen atoms in total. The van der Waals surface area contributed by atoms with Gasteiger partial charge in [-0.2, -0.15) is 0 Å². The number of hydrogen-bond acceptors (Lipinski definition) is 8. The molecule has 0 aliphatic rings. The van der Waals surface area contributed by atoms with Crippen LogP contribution in [0.15, 0.2) is 0 Å². The molecule has 0 radical (unpaired) electrons. The summed E-state index contributed by atoms with van der Waals surface area (Å²) in [7, 11) is 1.06. The van der Waals surface area contributed by atoms with Gasteiger partial charge in [-0.15, -0.1) is 0 Å². The highest BCUT2D eigenvalue weighted by Gasteiger charge is 2.36. The van der Waals surface area contributed by atoms with Gasteiger partial charge < -0.3 is 35.4 Å². The lowest BCUT2D eigenvalue weighted by Crippen LogP contribution is -2.51. The predicted octanol–water partition coefficient (Wildman–Crippen LogP) is -3.52. The molecule has 0 rings (SSSR count). The molecule has 0 aliphatic carbocycles. The molecule has 0 saturated heterocycles. The Balaban J connectivity index is 4.71. The lowest BCUT2D eigenvalue weighted by molar-refractivity contribution is -0.160. The monoisotopic (exact) mass is 282 g/mol. The van der Waals surface area contributed by atoms with Gasteiger partial charge in [0.15, 0.2) is 0 Å². The number of aliphatic hydroxyl groups excluding tert-OH is 5. The molecule has 5 atom stereocenters. The molecule has 0 aliphatic heterocycles. The van der Waals surface area contributed by atoms with Gasteiger partial charge in [-0.05, 0) is 0 Å². The number of hydrogen-bond donors (Lipinski definition) is 6. The number of rotatable bonds is 9. The summed E-state index contributed by atoms with van der Waals surface area (Å²) < 4.78 is 4.67. The number of carbonyl (C=O) groups excluding carboxylic acids is 1. The molecular weight excluding hydrogens is 264 g/mol. The summed E-state index contributed by atoms with van der Waals surface area (Å²) in [5.41, 5.74) is 0. The second-order valence-corrected chi connectivity index (χ2v) is 3.93. The molecule has 9 heteroatoms. The molecule has 0 spiro atoms. The fourth-order valence-electron chi connectivity index (χ4n) is 1.45. The molecule has 5 unspecified atom stereocenters. The fraction of sp³-hybridized carbons (Fsp3) is 0.800. The SMILES string of the molecule is COC(C(O)CC(=O)C(=O)O)C(O)C(O)C(O)CO. The van der Waals surface area contributed by atoms with Gasteiger partial charge in [-0.25, -0.2) is 4.79 Å². The summed E-state index contributed by atoms with van der Waals surface area (Å²) in [5.74, 6) is -3.04. The van der Waals surface area contributed by atoms with Crippen molar-refractivity contribution in [1.29, 1.82) is 0 Å². The highest BCUT2D eigenvalue weighted by atomic mass is 16.5. The number of aliphatic carboxylic acids is 1. The number of carbonyl (C=O) groups is 2. The highest BCUT2D eigenvalue weighted by molar-refractivity contribution is 6.32. The molecule has 0 aromatic rings. The van der Waals surface area contributed by atoms with Crippen molar-refractivity contribution in [2.45, 2.75) is 36.9 Å². The molecule has 0 bridgehead atoms. The minimum absolute atomic E-state index is 0.827. The third kappa shape index (κ3) is 5.19. The second-order valence-electron chi connectivity index (χ2n) is 3.93. The Bertz CT molecular complexity index is 305. The zero-order chi connectivity index (χ0) is 15.2. The Labute approximate surface area is 108 Å². The third-order valence-corrected chi connectivity index (χ3v) is 2.55. The number of carboxylic acid groups (broad SMARTS) is 1. The Morgan fingerprint density at radius 3 is 1.95 bits per heavy atom. The van der Waals surface area contributed by atoms with Crippen molar-refractivity contribution in [3.63, 3.8) is 0 Å². The maximum atomic E-state index is 10.9. The van der Waals surface area contributed by atoms with E-state index < -0.39 is 55.3 Å². The smallest absolute Gasteiger partial charge is 0.372 e. The topological polar surface area (TPSA) is 165 Å². The fourth-order valence-corrected chi connectivity index (χ4v) is 1.45. The van der Waals surface area contributed by atoms with E-state index in [1.165, 1.54) is 0 Å². The van der Waals surface area contributed by atoms with Crippen LogP contribution in [0.3, 0.4) is 0 Å². The number of carboxylic acids is 1. The van der Waals surface area contributed by atoms with Crippen LogP contribution in [0.2, 0.25) is 0 Å². The second kappa shape index (κ2) is 8.15. The van der Waals surface area contributed by atoms with Gasteiger partial charge in [-0.1, -0.05) is 0 Å². The maximum absolute atomic E-state index is 10.9. The van der Waals surface area contributed by atoms with Crippen LogP contribution in [0.5, 0.6) is 0 Å². The van der Waals surface area contributed by atoms with Crippen molar-refractivity contribution in [1.82, 2.24) is 0 Å². The molecule has 0 fully saturated rings. The number of aliphatic hydroxyl groups is 5. The van der Waals surface area contributed by atoms with Gasteiger partial charge in [0.05, 0.1) is 12.7 Å². The van der Waals surface area contributed by atoms with Crippen LogP contribution in [-0.4, -0.2) is 86.6 Å². The van der Waals surface area contributed by atoms with E-state index in [2.05, 4.69) is 4.74 Å². The molecular formula is C10H18O9. The van der Waals surface area contributed by atoms with Crippen LogP contribution >= 0.6 is 0 Å². The lowest BCUT2D eigenvalue weighted by atomic mass is 9.96. The van der Waals surface area contributed by atoms with Gasteiger partial charge in [0.1, 0.15) is 24.4 Å². The Kier molecular flexibility index (Phi) is 7.68. The Morgan fingerprint density at radius 2 is 1.58 bits per heavy atom. The van der Waals surface area contributed by atoms with Gasteiger partial charge in [0.25, 0.3) is 0 Å². The van der Waals surface area contributed by atoms with Crippen LogP contribution in [0.25, 0.3) is 0 Å². The number of ketones is 1. The Hall–Kier alpha value is -1.10. The standard InChI is InChI=1S/C10H18O9/c1-19-9(4(12)2-5(13)10(17)18)8(16)7(15)6(14)3-11/h4,6-9,11-12,14-16H,2-3H2,1H3,(H,17,18). The summed E-state index contributed by atoms with van der Waals surface area (Å²) in [5, 5.41) is 54.8. The van der Waals surface area contributed by atoms with Gasteiger partial charge in [0, 0.05) is 13.5 Å². The summed E-state index contributed by atoms with van der Waals surface area (Å²) in [4.78, 5) is 21.2. The quantitative estimate of drug-likeness (QED) is 0.235. The average molecular weight is 282 g/mol. The number of methoxy groups -OCH3 is 1. The van der Waals surface area contributed by atoms with E-state index in [0.29, 0.717) is 0 Å². The van der Waals surface area contributed by atoms with Gasteiger partial charge >= 0.3 is 5.97 Å². The molecule has 19 heavy (non-hydrogen) atoms. The highest BCUT2D eigenvalue weighted by Crippen LogP contribution is 2.14. The summed E-state index contributed by atoms with van der Waals surface area (Å²) in [6.07, 6.45) is -9.33. The van der Waals surface area contributed by atoms with E-state index in [1.807, 2.05) is 0 Å². The van der Waals surface area contributed by atoms with Crippen molar-refractivity contribution >= 4 is 11.8 Å². The van der Waals surface area contributed by atoms with Crippen LogP contribution in [0, 0.1) is 0 Å². The minimum Gasteiger partial charge on any atom is -0.475 e. The average Bonchev–Trinajstić information content (AvgIpc) is 2.37. The first-order valence-electron chi connectivity index (χ1n) is 5.38. The van der Waals surface area contributed by atoms with Crippen LogP contribution in [-0.2, 0) is 14.3 Å². The van der Waals surface area contributed by atoms with E-state index in [9.17, 15) is 24.9 Å². The van der Waals surface area contributed by atoms with Gasteiger partial charge in [0.2, 0.25) is 5.78 Å². The van der Waals surface area contributed by atoms with Crippen LogP contribution in [0.1, 0.15) is 6.42 Å². The molecule has 0 heterocycles. The number of Topliss-reactive ketones (excluding diaryl/α,β-unsaturated/α-hetero) is 1. The summed E-state index contributed by atoms with van der Waals surface area (Å²) in [6, 6.07) is 0. The van der Waals surface area contributed by atoms with E-state index in [1.54, 1.807) is 0 Å². The molecule has 0 aromatic carbocycles.